The Hall–Kier alpha value is -2.14. The topological polar surface area (TPSA) is 75.6 Å². The van der Waals surface area contributed by atoms with Gasteiger partial charge in [0.2, 0.25) is 0 Å². The molecule has 18 heavy (non-hydrogen) atoms. The molecule has 0 saturated carbocycles. The van der Waals surface area contributed by atoms with Gasteiger partial charge in [0.05, 0.1) is 7.11 Å². The molecule has 0 bridgehead atoms. The molecule has 0 aliphatic rings. The average molecular weight is 249 g/mol. The van der Waals surface area contributed by atoms with Gasteiger partial charge < -0.3 is 9.84 Å². The van der Waals surface area contributed by atoms with Crippen LogP contribution in [0.15, 0.2) is 43.0 Å². The number of hydrogen-bond donors (Lipinski definition) is 2. The molecule has 0 radical (unpaired) electrons. The predicted octanol–water partition coefficient (Wildman–Crippen LogP) is 1.13. The number of rotatable bonds is 6. The van der Waals surface area contributed by atoms with Crippen molar-refractivity contribution in [2.24, 2.45) is 0 Å². The number of ether oxygens (including phenoxy) is 1. The number of carboxylic acid groups (broad SMARTS) is 1. The normalized spacial score (nSPS) is 13.4. The number of carboxylic acids is 1. The van der Waals surface area contributed by atoms with Crippen molar-refractivity contribution in [3.63, 3.8) is 0 Å². The lowest BCUT2D eigenvalue weighted by Crippen LogP contribution is -2.41. The third kappa shape index (κ3) is 3.43. The van der Waals surface area contributed by atoms with E-state index >= 15 is 0 Å². The van der Waals surface area contributed by atoms with Gasteiger partial charge in [0.15, 0.2) is 0 Å². The first kappa shape index (κ1) is 13.9. The zero-order valence-corrected chi connectivity index (χ0v) is 10.00. The average Bonchev–Trinajstić information content (AvgIpc) is 2.39. The van der Waals surface area contributed by atoms with Crippen LogP contribution in [0.2, 0.25) is 0 Å². The first-order valence-corrected chi connectivity index (χ1v) is 5.34. The van der Waals surface area contributed by atoms with E-state index in [4.69, 9.17) is 0 Å². The Labute approximate surface area is 105 Å². The monoisotopic (exact) mass is 249 g/mol. The Balaban J connectivity index is 2.91. The van der Waals surface area contributed by atoms with Crippen molar-refractivity contribution in [1.82, 2.24) is 5.32 Å². The number of methoxy groups -OCH3 is 1. The molecule has 5 heteroatoms. The summed E-state index contributed by atoms with van der Waals surface area (Å²) < 4.78 is 4.55. The Kier molecular flexibility index (Phi) is 5.07. The Morgan fingerprint density at radius 1 is 1.39 bits per heavy atom. The summed E-state index contributed by atoms with van der Waals surface area (Å²) in [6.07, 6.45) is 1.31. The third-order valence-corrected chi connectivity index (χ3v) is 2.42. The first-order valence-electron chi connectivity index (χ1n) is 5.34. The maximum absolute atomic E-state index is 11.4. The summed E-state index contributed by atoms with van der Waals surface area (Å²) in [4.78, 5) is 22.6. The molecule has 0 saturated heterocycles. The van der Waals surface area contributed by atoms with Crippen LogP contribution in [0.5, 0.6) is 0 Å². The second kappa shape index (κ2) is 6.56. The largest absolute Gasteiger partial charge is 0.480 e. The van der Waals surface area contributed by atoms with Crippen LogP contribution < -0.4 is 5.32 Å². The van der Waals surface area contributed by atoms with Crippen LogP contribution >= 0.6 is 0 Å². The highest BCUT2D eigenvalue weighted by atomic mass is 16.5. The second-order valence-corrected chi connectivity index (χ2v) is 3.59. The molecule has 1 rings (SSSR count). The second-order valence-electron chi connectivity index (χ2n) is 3.59. The van der Waals surface area contributed by atoms with E-state index in [2.05, 4.69) is 16.6 Å². The van der Waals surface area contributed by atoms with Crippen molar-refractivity contribution in [2.45, 2.75) is 12.1 Å². The third-order valence-electron chi connectivity index (χ3n) is 2.42. The van der Waals surface area contributed by atoms with Gasteiger partial charge in [0.1, 0.15) is 12.1 Å². The lowest BCUT2D eigenvalue weighted by atomic mass is 10.1. The van der Waals surface area contributed by atoms with Crippen LogP contribution in [-0.2, 0) is 14.3 Å². The molecule has 0 fully saturated rings. The van der Waals surface area contributed by atoms with Crippen LogP contribution in [0.3, 0.4) is 0 Å². The molecule has 1 aromatic carbocycles. The van der Waals surface area contributed by atoms with Crippen molar-refractivity contribution < 1.29 is 19.4 Å². The zero-order valence-electron chi connectivity index (χ0n) is 10.00. The maximum Gasteiger partial charge on any atom is 0.326 e. The predicted molar refractivity (Wildman–Crippen MR) is 66.0 cm³/mol. The van der Waals surface area contributed by atoms with Gasteiger partial charge in [-0.15, -0.1) is 6.58 Å². The van der Waals surface area contributed by atoms with Gasteiger partial charge in [-0.1, -0.05) is 36.4 Å². The van der Waals surface area contributed by atoms with Crippen LogP contribution in [0.4, 0.5) is 0 Å². The molecule has 0 aliphatic carbocycles. The molecule has 2 atom stereocenters. The lowest BCUT2D eigenvalue weighted by molar-refractivity contribution is -0.143. The van der Waals surface area contributed by atoms with Crippen molar-refractivity contribution in [1.29, 1.82) is 0 Å². The van der Waals surface area contributed by atoms with Gasteiger partial charge in [0, 0.05) is 0 Å². The fourth-order valence-electron chi connectivity index (χ4n) is 1.49. The zero-order chi connectivity index (χ0) is 13.5. The highest BCUT2D eigenvalue weighted by Crippen LogP contribution is 2.14. The quantitative estimate of drug-likeness (QED) is 0.584. The summed E-state index contributed by atoms with van der Waals surface area (Å²) in [7, 11) is 1.23. The van der Waals surface area contributed by atoms with E-state index in [1.807, 2.05) is 0 Å². The minimum absolute atomic E-state index is 0.556. The van der Waals surface area contributed by atoms with Crippen molar-refractivity contribution >= 4 is 11.9 Å². The van der Waals surface area contributed by atoms with Gasteiger partial charge >= 0.3 is 11.9 Å². The van der Waals surface area contributed by atoms with Crippen LogP contribution in [-0.4, -0.2) is 30.2 Å². The SMILES string of the molecule is C=CC(N[C@@H](C(=O)O)c1ccccc1)C(=O)OC. The van der Waals surface area contributed by atoms with E-state index in [9.17, 15) is 14.7 Å². The fraction of sp³-hybridized carbons (Fsp3) is 0.231. The molecule has 0 amide bonds. The number of esters is 1. The van der Waals surface area contributed by atoms with Gasteiger partial charge in [-0.2, -0.15) is 0 Å². The number of carbonyl (C=O) groups is 2. The summed E-state index contributed by atoms with van der Waals surface area (Å²) in [5.41, 5.74) is 0.556. The van der Waals surface area contributed by atoms with E-state index in [-0.39, 0.29) is 0 Å². The molecule has 0 spiro atoms. The highest BCUT2D eigenvalue weighted by molar-refractivity contribution is 5.80. The number of carbonyl (C=O) groups excluding carboxylic acids is 1. The molecule has 1 unspecified atom stereocenters. The van der Waals surface area contributed by atoms with Gasteiger partial charge in [-0.05, 0) is 5.56 Å². The van der Waals surface area contributed by atoms with Crippen LogP contribution in [0, 0.1) is 0 Å². The van der Waals surface area contributed by atoms with E-state index in [1.165, 1.54) is 13.2 Å². The van der Waals surface area contributed by atoms with Gasteiger partial charge in [-0.25, -0.2) is 0 Å². The minimum atomic E-state index is -1.07. The summed E-state index contributed by atoms with van der Waals surface area (Å²) in [5, 5.41) is 11.9. The minimum Gasteiger partial charge on any atom is -0.480 e. The van der Waals surface area contributed by atoms with Crippen molar-refractivity contribution in [2.75, 3.05) is 7.11 Å². The Morgan fingerprint density at radius 3 is 2.44 bits per heavy atom. The fourth-order valence-corrected chi connectivity index (χ4v) is 1.49. The van der Waals surface area contributed by atoms with E-state index in [0.717, 1.165) is 0 Å². The van der Waals surface area contributed by atoms with E-state index in [0.29, 0.717) is 5.56 Å². The van der Waals surface area contributed by atoms with Crippen molar-refractivity contribution in [3.05, 3.63) is 48.6 Å². The van der Waals surface area contributed by atoms with E-state index < -0.39 is 24.0 Å². The summed E-state index contributed by atoms with van der Waals surface area (Å²) in [6.45, 7) is 3.48. The van der Waals surface area contributed by atoms with Gasteiger partial charge in [0.25, 0.3) is 0 Å². The standard InChI is InChI=1S/C13H15NO4/c1-3-10(13(17)18-2)14-11(12(15)16)9-7-5-4-6-8-9/h3-8,10-11,14H,1H2,2H3,(H,15,16)/t10?,11-/m1/s1. The number of hydrogen-bond acceptors (Lipinski definition) is 4. The molecular weight excluding hydrogens is 234 g/mol. The molecule has 5 nitrogen and oxygen atoms in total. The molecule has 1 aromatic rings. The molecule has 0 aromatic heterocycles. The van der Waals surface area contributed by atoms with Crippen LogP contribution in [0.25, 0.3) is 0 Å². The number of aliphatic carboxylic acids is 1. The summed E-state index contributed by atoms with van der Waals surface area (Å²) in [5.74, 6) is -1.65. The summed E-state index contributed by atoms with van der Waals surface area (Å²) >= 11 is 0. The number of benzene rings is 1. The Morgan fingerprint density at radius 2 is 2.00 bits per heavy atom. The first-order chi connectivity index (χ1) is 8.60. The molecule has 2 N–H and O–H groups in total. The van der Waals surface area contributed by atoms with E-state index in [1.54, 1.807) is 30.3 Å². The highest BCUT2D eigenvalue weighted by Gasteiger charge is 2.25. The smallest absolute Gasteiger partial charge is 0.326 e. The summed E-state index contributed by atoms with van der Waals surface area (Å²) in [6, 6.07) is 6.73. The molecule has 96 valence electrons. The van der Waals surface area contributed by atoms with Crippen LogP contribution in [0.1, 0.15) is 11.6 Å². The number of nitrogens with one attached hydrogen (secondary N) is 1. The van der Waals surface area contributed by atoms with Crippen molar-refractivity contribution in [3.8, 4) is 0 Å². The van der Waals surface area contributed by atoms with Gasteiger partial charge in [-0.3, -0.25) is 14.9 Å². The molecule has 0 heterocycles. The maximum atomic E-state index is 11.4. The molecule has 0 aliphatic heterocycles. The molecular formula is C13H15NO4. The lowest BCUT2D eigenvalue weighted by Gasteiger charge is -2.19. The Bertz CT molecular complexity index is 430.